The van der Waals surface area contributed by atoms with E-state index in [-0.39, 0.29) is 12.3 Å². The van der Waals surface area contributed by atoms with E-state index in [9.17, 15) is 19.7 Å². The molecule has 1 aliphatic rings. The number of nitrogens with zero attached hydrogens (tertiary/aromatic N) is 3. The highest BCUT2D eigenvalue weighted by Crippen LogP contribution is 2.34. The molecule has 1 heterocycles. The van der Waals surface area contributed by atoms with Gasteiger partial charge >= 0.3 is 12.2 Å². The normalized spacial score (nSPS) is 14.2. The lowest BCUT2D eigenvalue weighted by molar-refractivity contribution is -0.384. The van der Waals surface area contributed by atoms with E-state index in [4.69, 9.17) is 14.2 Å². The van der Waals surface area contributed by atoms with Crippen LogP contribution in [0.4, 0.5) is 26.7 Å². The van der Waals surface area contributed by atoms with Gasteiger partial charge in [0, 0.05) is 24.8 Å². The second-order valence-electron chi connectivity index (χ2n) is 7.81. The summed E-state index contributed by atoms with van der Waals surface area (Å²) in [6.45, 7) is 9.15. The molecule has 166 valence electrons. The topological polar surface area (TPSA) is 111 Å². The number of nitro benzene ring substituents is 1. The van der Waals surface area contributed by atoms with E-state index >= 15 is 0 Å². The van der Waals surface area contributed by atoms with Crippen molar-refractivity contribution >= 4 is 29.2 Å². The van der Waals surface area contributed by atoms with Gasteiger partial charge in [0.2, 0.25) is 0 Å². The Morgan fingerprint density at radius 2 is 1.90 bits per heavy atom. The van der Waals surface area contributed by atoms with Gasteiger partial charge in [-0.25, -0.2) is 9.59 Å². The van der Waals surface area contributed by atoms with Crippen molar-refractivity contribution in [3.8, 4) is 0 Å². The summed E-state index contributed by atoms with van der Waals surface area (Å²) < 4.78 is 15.9. The molecular weight excluding hydrogens is 394 g/mol. The Morgan fingerprint density at radius 1 is 1.23 bits per heavy atom. The first-order valence-electron chi connectivity index (χ1n) is 9.95. The van der Waals surface area contributed by atoms with Crippen molar-refractivity contribution in [2.75, 3.05) is 42.7 Å². The fraction of sp³-hybridized carbons (Fsp3) is 0.600. The molecule has 1 aromatic rings. The molecule has 0 unspecified atom stereocenters. The number of carbonyl (C=O) groups excluding carboxylic acids is 2. The molecule has 2 amide bonds. The van der Waals surface area contributed by atoms with E-state index in [1.54, 1.807) is 26.8 Å². The van der Waals surface area contributed by atoms with Crippen LogP contribution in [0.1, 0.15) is 40.5 Å². The molecule has 2 rings (SSSR count). The average Bonchev–Trinajstić information content (AvgIpc) is 2.67. The average molecular weight is 423 g/mol. The number of hydrogen-bond acceptors (Lipinski definition) is 8. The van der Waals surface area contributed by atoms with Gasteiger partial charge in [0.1, 0.15) is 11.3 Å². The minimum absolute atomic E-state index is 0.0889. The summed E-state index contributed by atoms with van der Waals surface area (Å²) in [5.74, 6) is 0. The van der Waals surface area contributed by atoms with Crippen LogP contribution in [-0.2, 0) is 14.2 Å². The third-order valence-corrected chi connectivity index (χ3v) is 4.25. The zero-order valence-electron chi connectivity index (χ0n) is 17.9. The number of unbranched alkanes of at least 4 members (excludes halogenated alkanes) is 1. The highest BCUT2D eigenvalue weighted by molar-refractivity contribution is 6.11. The number of hydrogen-bond donors (Lipinski definition) is 0. The van der Waals surface area contributed by atoms with Gasteiger partial charge in [0.25, 0.3) is 5.69 Å². The second-order valence-corrected chi connectivity index (χ2v) is 7.81. The lowest BCUT2D eigenvalue weighted by Gasteiger charge is -2.30. The molecular formula is C20H29N3O7. The Bertz CT molecular complexity index is 770. The number of anilines is 2. The van der Waals surface area contributed by atoms with Crippen molar-refractivity contribution in [3.05, 3.63) is 28.3 Å². The molecule has 1 saturated heterocycles. The van der Waals surface area contributed by atoms with E-state index in [1.165, 1.54) is 12.1 Å². The van der Waals surface area contributed by atoms with Gasteiger partial charge in [-0.2, -0.15) is 4.90 Å². The molecule has 1 aliphatic heterocycles. The largest absolute Gasteiger partial charge is 0.449 e. The van der Waals surface area contributed by atoms with E-state index in [0.29, 0.717) is 43.3 Å². The highest BCUT2D eigenvalue weighted by atomic mass is 16.6. The summed E-state index contributed by atoms with van der Waals surface area (Å²) in [6.07, 6.45) is -0.665. The quantitative estimate of drug-likeness (QED) is 0.382. The second kappa shape index (κ2) is 10.2. The smallest absolute Gasteiger partial charge is 0.424 e. The van der Waals surface area contributed by atoms with Crippen molar-refractivity contribution in [1.82, 2.24) is 0 Å². The molecule has 0 bridgehead atoms. The van der Waals surface area contributed by atoms with Crippen LogP contribution in [0.25, 0.3) is 0 Å². The van der Waals surface area contributed by atoms with E-state index < -0.39 is 28.4 Å². The Labute approximate surface area is 175 Å². The molecule has 30 heavy (non-hydrogen) atoms. The van der Waals surface area contributed by atoms with Crippen LogP contribution < -0.4 is 9.80 Å². The maximum Gasteiger partial charge on any atom is 0.424 e. The lowest BCUT2D eigenvalue weighted by atomic mass is 10.2. The fourth-order valence-electron chi connectivity index (χ4n) is 2.81. The minimum Gasteiger partial charge on any atom is -0.449 e. The first-order chi connectivity index (χ1) is 14.1. The third-order valence-electron chi connectivity index (χ3n) is 4.25. The van der Waals surface area contributed by atoms with Gasteiger partial charge < -0.3 is 19.1 Å². The van der Waals surface area contributed by atoms with Crippen molar-refractivity contribution in [2.45, 2.75) is 46.1 Å². The molecule has 10 nitrogen and oxygen atoms in total. The predicted molar refractivity (Wildman–Crippen MR) is 111 cm³/mol. The van der Waals surface area contributed by atoms with Gasteiger partial charge in [0.05, 0.1) is 24.7 Å². The van der Waals surface area contributed by atoms with E-state index in [1.807, 2.05) is 11.8 Å². The number of carbonyl (C=O) groups is 2. The first kappa shape index (κ1) is 23.4. The Kier molecular flexibility index (Phi) is 7.99. The predicted octanol–water partition coefficient (Wildman–Crippen LogP) is 4.11. The molecule has 0 spiro atoms. The number of ether oxygens (including phenoxy) is 3. The fourth-order valence-corrected chi connectivity index (χ4v) is 2.81. The molecule has 1 aromatic carbocycles. The van der Waals surface area contributed by atoms with Gasteiger partial charge in [-0.1, -0.05) is 13.3 Å². The minimum atomic E-state index is -1.04. The molecule has 0 atom stereocenters. The first-order valence-corrected chi connectivity index (χ1v) is 9.95. The highest BCUT2D eigenvalue weighted by Gasteiger charge is 2.35. The Morgan fingerprint density at radius 3 is 2.47 bits per heavy atom. The van der Waals surface area contributed by atoms with Gasteiger partial charge in [0.15, 0.2) is 0 Å². The zero-order valence-corrected chi connectivity index (χ0v) is 17.9. The summed E-state index contributed by atoms with van der Waals surface area (Å²) in [6, 6.07) is 4.30. The Balaban J connectivity index is 2.48. The lowest BCUT2D eigenvalue weighted by Crippen LogP contribution is -2.42. The monoisotopic (exact) mass is 423 g/mol. The van der Waals surface area contributed by atoms with Crippen LogP contribution in [0.2, 0.25) is 0 Å². The molecule has 10 heteroatoms. The van der Waals surface area contributed by atoms with E-state index in [2.05, 4.69) is 0 Å². The van der Waals surface area contributed by atoms with Gasteiger partial charge in [-0.3, -0.25) is 10.1 Å². The van der Waals surface area contributed by atoms with Crippen LogP contribution in [0.5, 0.6) is 0 Å². The van der Waals surface area contributed by atoms with Crippen LogP contribution in [0.15, 0.2) is 18.2 Å². The van der Waals surface area contributed by atoms with Crippen molar-refractivity contribution in [1.29, 1.82) is 0 Å². The molecule has 0 radical (unpaired) electrons. The van der Waals surface area contributed by atoms with Gasteiger partial charge in [-0.05, 0) is 39.3 Å². The summed E-state index contributed by atoms with van der Waals surface area (Å²) >= 11 is 0. The summed E-state index contributed by atoms with van der Waals surface area (Å²) in [4.78, 5) is 39.2. The number of imide groups is 1. The third kappa shape index (κ3) is 6.31. The molecule has 0 aliphatic carbocycles. The maximum absolute atomic E-state index is 12.8. The number of amides is 2. The van der Waals surface area contributed by atoms with Crippen molar-refractivity contribution < 1.29 is 28.7 Å². The van der Waals surface area contributed by atoms with Gasteiger partial charge in [-0.15, -0.1) is 0 Å². The maximum atomic E-state index is 12.8. The summed E-state index contributed by atoms with van der Waals surface area (Å²) in [7, 11) is 0. The molecule has 0 N–H and O–H groups in total. The number of morpholine rings is 1. The van der Waals surface area contributed by atoms with Crippen LogP contribution in [0.3, 0.4) is 0 Å². The van der Waals surface area contributed by atoms with Crippen LogP contribution in [0, 0.1) is 10.1 Å². The van der Waals surface area contributed by atoms with Crippen molar-refractivity contribution in [3.63, 3.8) is 0 Å². The Hall–Kier alpha value is -2.88. The molecule has 1 fully saturated rings. The number of benzene rings is 1. The molecule has 0 aromatic heterocycles. The van der Waals surface area contributed by atoms with Crippen molar-refractivity contribution in [2.24, 2.45) is 0 Å². The van der Waals surface area contributed by atoms with Crippen LogP contribution in [-0.4, -0.2) is 55.6 Å². The number of nitro groups is 1. The zero-order chi connectivity index (χ0) is 22.3. The molecule has 0 saturated carbocycles. The van der Waals surface area contributed by atoms with Crippen LogP contribution >= 0.6 is 0 Å². The van der Waals surface area contributed by atoms with E-state index in [0.717, 1.165) is 6.42 Å². The number of rotatable bonds is 6. The summed E-state index contributed by atoms with van der Waals surface area (Å²) in [5, 5.41) is 11.6. The summed E-state index contributed by atoms with van der Waals surface area (Å²) in [5.41, 5.74) is -0.866. The standard InChI is InChI=1S/C20H29N3O7/c1-5-6-11-29-18(24)22(19(25)30-20(2,3)4)17-14-15(7-8-16(17)23(26)27)21-9-12-28-13-10-21/h7-8,14H,5-6,9-13H2,1-4H3. The SMILES string of the molecule is CCCCOC(=O)N(C(=O)OC(C)(C)C)c1cc(N2CCOCC2)ccc1[N+](=O)[O-].